The molecule has 5 aromatic rings. The van der Waals surface area contributed by atoms with Gasteiger partial charge in [-0.2, -0.15) is 0 Å². The van der Waals surface area contributed by atoms with Crippen molar-refractivity contribution < 1.29 is 17.9 Å². The molecule has 1 aliphatic rings. The van der Waals surface area contributed by atoms with Crippen LogP contribution in [-0.4, -0.2) is 52.0 Å². The standard InChI is InChI=1S/C30H29N5O4S2/c1-39-23-17-15-22(16-18-23)35-29(32-33-30(35)40-20-28(36)31-21-9-5-6-10-21)26-19-34(27-14-8-7-13-25(26)27)41(37,38)24-11-3-2-4-12-24/h2-4,7-8,11-19,21H,5-6,9-10,20H2,1H3,(H,31,36). The maximum absolute atomic E-state index is 13.7. The van der Waals surface area contributed by atoms with Crippen molar-refractivity contribution in [2.75, 3.05) is 12.9 Å². The largest absolute Gasteiger partial charge is 0.497 e. The summed E-state index contributed by atoms with van der Waals surface area (Å²) < 4.78 is 35.9. The Morgan fingerprint density at radius 2 is 1.68 bits per heavy atom. The van der Waals surface area contributed by atoms with Gasteiger partial charge >= 0.3 is 0 Å². The maximum atomic E-state index is 13.7. The van der Waals surface area contributed by atoms with E-state index in [1.165, 1.54) is 15.7 Å². The zero-order valence-corrected chi connectivity index (χ0v) is 24.1. The van der Waals surface area contributed by atoms with Gasteiger partial charge in [0.15, 0.2) is 11.0 Å². The number of fused-ring (bicyclic) bond motifs is 1. The zero-order chi connectivity index (χ0) is 28.4. The number of methoxy groups -OCH3 is 1. The van der Waals surface area contributed by atoms with Gasteiger partial charge in [-0.1, -0.05) is 61.0 Å². The number of nitrogens with zero attached hydrogens (tertiary/aromatic N) is 4. The Morgan fingerprint density at radius 1 is 0.976 bits per heavy atom. The number of benzene rings is 3. The highest BCUT2D eigenvalue weighted by atomic mass is 32.2. The molecule has 210 valence electrons. The molecule has 1 amide bonds. The van der Waals surface area contributed by atoms with Crippen LogP contribution in [0.25, 0.3) is 28.0 Å². The molecule has 0 unspecified atom stereocenters. The van der Waals surface area contributed by atoms with E-state index in [0.717, 1.165) is 31.4 Å². The van der Waals surface area contributed by atoms with Gasteiger partial charge in [-0.05, 0) is 55.3 Å². The number of carbonyl (C=O) groups is 1. The van der Waals surface area contributed by atoms with Crippen LogP contribution >= 0.6 is 11.8 Å². The Labute approximate surface area is 242 Å². The smallest absolute Gasteiger partial charge is 0.268 e. The van der Waals surface area contributed by atoms with Gasteiger partial charge in [-0.15, -0.1) is 10.2 Å². The van der Waals surface area contributed by atoms with Crippen molar-refractivity contribution in [3.63, 3.8) is 0 Å². The average molecular weight is 588 g/mol. The highest BCUT2D eigenvalue weighted by Crippen LogP contribution is 2.35. The van der Waals surface area contributed by atoms with Crippen molar-refractivity contribution in [3.05, 3.63) is 85.1 Å². The van der Waals surface area contributed by atoms with Crippen LogP contribution < -0.4 is 10.1 Å². The van der Waals surface area contributed by atoms with Gasteiger partial charge in [-0.3, -0.25) is 9.36 Å². The van der Waals surface area contributed by atoms with Crippen molar-refractivity contribution in [3.8, 4) is 22.8 Å². The second-order valence-corrected chi connectivity index (χ2v) is 12.6. The van der Waals surface area contributed by atoms with Crippen molar-refractivity contribution >= 4 is 38.6 Å². The summed E-state index contributed by atoms with van der Waals surface area (Å²) in [6.07, 6.45) is 5.90. The molecule has 0 aliphatic heterocycles. The van der Waals surface area contributed by atoms with Crippen molar-refractivity contribution in [1.82, 2.24) is 24.1 Å². The first-order chi connectivity index (χ1) is 20.0. The number of hydrogen-bond donors (Lipinski definition) is 1. The molecule has 1 fully saturated rings. The summed E-state index contributed by atoms with van der Waals surface area (Å²) in [4.78, 5) is 12.9. The van der Waals surface area contributed by atoms with E-state index >= 15 is 0 Å². The van der Waals surface area contributed by atoms with E-state index in [0.29, 0.717) is 33.2 Å². The number of amides is 1. The van der Waals surface area contributed by atoms with Crippen LogP contribution in [0.2, 0.25) is 0 Å². The number of hydrogen-bond acceptors (Lipinski definition) is 7. The molecule has 9 nitrogen and oxygen atoms in total. The number of aromatic nitrogens is 4. The van der Waals surface area contributed by atoms with Crippen LogP contribution in [0, 0.1) is 0 Å². The molecule has 0 atom stereocenters. The summed E-state index contributed by atoms with van der Waals surface area (Å²) in [6.45, 7) is 0. The quantitative estimate of drug-likeness (QED) is 0.234. The van der Waals surface area contributed by atoms with E-state index in [9.17, 15) is 13.2 Å². The van der Waals surface area contributed by atoms with E-state index in [1.54, 1.807) is 49.7 Å². The molecule has 1 aliphatic carbocycles. The Hall–Kier alpha value is -4.09. The lowest BCUT2D eigenvalue weighted by molar-refractivity contribution is -0.119. The molecular weight excluding hydrogens is 558 g/mol. The lowest BCUT2D eigenvalue weighted by Gasteiger charge is -2.13. The second-order valence-electron chi connectivity index (χ2n) is 9.85. The second kappa shape index (κ2) is 11.4. The first-order valence-electron chi connectivity index (χ1n) is 13.4. The van der Waals surface area contributed by atoms with E-state index in [-0.39, 0.29) is 22.6 Å². The Bertz CT molecular complexity index is 1790. The fraction of sp³-hybridized carbons (Fsp3) is 0.233. The topological polar surface area (TPSA) is 108 Å². The summed E-state index contributed by atoms with van der Waals surface area (Å²) >= 11 is 1.29. The molecule has 0 saturated heterocycles. The van der Waals surface area contributed by atoms with Gasteiger partial charge in [0.1, 0.15) is 5.75 Å². The molecule has 0 bridgehead atoms. The van der Waals surface area contributed by atoms with Crippen LogP contribution in [0.15, 0.2) is 95.1 Å². The van der Waals surface area contributed by atoms with Crippen molar-refractivity contribution in [2.45, 2.75) is 41.8 Å². The summed E-state index contributed by atoms with van der Waals surface area (Å²) in [5.41, 5.74) is 1.89. The number of thioether (sulfide) groups is 1. The summed E-state index contributed by atoms with van der Waals surface area (Å²) in [5.74, 6) is 1.30. The van der Waals surface area contributed by atoms with Crippen molar-refractivity contribution in [2.24, 2.45) is 0 Å². The SMILES string of the molecule is COc1ccc(-n2c(SCC(=O)NC3CCCC3)nnc2-c2cn(S(=O)(=O)c3ccccc3)c3ccccc23)cc1. The molecule has 1 saturated carbocycles. The van der Waals surface area contributed by atoms with E-state index in [4.69, 9.17) is 4.74 Å². The fourth-order valence-electron chi connectivity index (χ4n) is 5.20. The number of nitrogens with one attached hydrogen (secondary N) is 1. The molecule has 6 rings (SSSR count). The van der Waals surface area contributed by atoms with E-state index in [2.05, 4.69) is 15.5 Å². The molecule has 1 N–H and O–H groups in total. The lowest BCUT2D eigenvalue weighted by atomic mass is 10.1. The van der Waals surface area contributed by atoms with Gasteiger partial charge in [0, 0.05) is 28.9 Å². The number of carbonyl (C=O) groups excluding carboxylic acids is 1. The molecular formula is C30H29N5O4S2. The molecule has 11 heteroatoms. The van der Waals surface area contributed by atoms with Gasteiger partial charge in [-0.25, -0.2) is 12.4 Å². The molecule has 0 spiro atoms. The highest BCUT2D eigenvalue weighted by molar-refractivity contribution is 7.99. The Balaban J connectivity index is 1.44. The van der Waals surface area contributed by atoms with Gasteiger partial charge in [0.25, 0.3) is 10.0 Å². The third kappa shape index (κ3) is 5.34. The molecule has 2 aromatic heterocycles. The van der Waals surface area contributed by atoms with Gasteiger partial charge in [0.2, 0.25) is 5.91 Å². The van der Waals surface area contributed by atoms with Crippen LogP contribution in [0.5, 0.6) is 5.75 Å². The summed E-state index contributed by atoms with van der Waals surface area (Å²) in [5, 5.41) is 13.3. The minimum atomic E-state index is -3.88. The first-order valence-corrected chi connectivity index (χ1v) is 15.8. The van der Waals surface area contributed by atoms with E-state index < -0.39 is 10.0 Å². The number of ether oxygens (including phenoxy) is 1. The predicted octanol–water partition coefficient (Wildman–Crippen LogP) is 5.29. The van der Waals surface area contributed by atoms with Crippen molar-refractivity contribution in [1.29, 1.82) is 0 Å². The fourth-order valence-corrected chi connectivity index (χ4v) is 7.36. The van der Waals surface area contributed by atoms with E-state index in [1.807, 2.05) is 47.0 Å². The van der Waals surface area contributed by atoms with Gasteiger partial charge < -0.3 is 10.1 Å². The third-order valence-electron chi connectivity index (χ3n) is 7.24. The molecule has 41 heavy (non-hydrogen) atoms. The minimum absolute atomic E-state index is 0.0433. The van der Waals surface area contributed by atoms with Crippen LogP contribution in [0.1, 0.15) is 25.7 Å². The summed E-state index contributed by atoms with van der Waals surface area (Å²) in [6, 6.07) is 23.3. The Morgan fingerprint density at radius 3 is 2.41 bits per heavy atom. The van der Waals surface area contributed by atoms with Gasteiger partial charge in [0.05, 0.1) is 23.3 Å². The summed E-state index contributed by atoms with van der Waals surface area (Å²) in [7, 11) is -2.28. The maximum Gasteiger partial charge on any atom is 0.268 e. The normalized spacial score (nSPS) is 14.0. The predicted molar refractivity (Wildman–Crippen MR) is 159 cm³/mol. The average Bonchev–Trinajstić information content (AvgIpc) is 3.75. The highest BCUT2D eigenvalue weighted by Gasteiger charge is 2.26. The van der Waals surface area contributed by atoms with Crippen LogP contribution in [0.4, 0.5) is 0 Å². The van der Waals surface area contributed by atoms with Crippen LogP contribution in [-0.2, 0) is 14.8 Å². The number of rotatable bonds is 9. The first kappa shape index (κ1) is 27.1. The zero-order valence-electron chi connectivity index (χ0n) is 22.4. The molecule has 2 heterocycles. The molecule has 0 radical (unpaired) electrons. The third-order valence-corrected chi connectivity index (χ3v) is 9.85. The molecule has 3 aromatic carbocycles. The van der Waals surface area contributed by atoms with Crippen LogP contribution in [0.3, 0.4) is 0 Å². The number of para-hydroxylation sites is 1. The Kier molecular flexibility index (Phi) is 7.55. The lowest BCUT2D eigenvalue weighted by Crippen LogP contribution is -2.33. The monoisotopic (exact) mass is 587 g/mol. The minimum Gasteiger partial charge on any atom is -0.497 e.